The molecule has 6 nitrogen and oxygen atoms in total. The third-order valence-corrected chi connectivity index (χ3v) is 4.32. The van der Waals surface area contributed by atoms with Crippen LogP contribution in [0.15, 0.2) is 24.3 Å². The van der Waals surface area contributed by atoms with Crippen LogP contribution >= 0.6 is 0 Å². The first-order valence-corrected chi connectivity index (χ1v) is 8.84. The molecule has 0 atom stereocenters. The number of ether oxygens (including phenoxy) is 1. The number of benzene rings is 1. The van der Waals surface area contributed by atoms with E-state index in [1.165, 1.54) is 11.1 Å². The van der Waals surface area contributed by atoms with Gasteiger partial charge in [0.25, 0.3) is 0 Å². The predicted molar refractivity (Wildman–Crippen MR) is 102 cm³/mol. The van der Waals surface area contributed by atoms with Crippen molar-refractivity contribution in [3.05, 3.63) is 41.2 Å². The van der Waals surface area contributed by atoms with Gasteiger partial charge in [0, 0.05) is 37.9 Å². The molecule has 0 amide bonds. The van der Waals surface area contributed by atoms with E-state index in [4.69, 9.17) is 4.74 Å². The third-order valence-electron chi connectivity index (χ3n) is 4.32. The first-order valence-electron chi connectivity index (χ1n) is 8.84. The zero-order chi connectivity index (χ0) is 17.6. The van der Waals surface area contributed by atoms with Crippen LogP contribution in [0.1, 0.15) is 17.0 Å². The van der Waals surface area contributed by atoms with Crippen LogP contribution in [0.2, 0.25) is 0 Å². The molecule has 0 radical (unpaired) electrons. The molecule has 0 saturated carbocycles. The minimum Gasteiger partial charge on any atom is -0.379 e. The highest BCUT2D eigenvalue weighted by molar-refractivity contribution is 5.62. The van der Waals surface area contributed by atoms with Crippen LogP contribution in [-0.2, 0) is 4.74 Å². The number of hydrogen-bond donors (Lipinski definition) is 2. The Balaban J connectivity index is 1.61. The second-order valence-electron chi connectivity index (χ2n) is 6.51. The van der Waals surface area contributed by atoms with Crippen LogP contribution in [0.5, 0.6) is 0 Å². The maximum absolute atomic E-state index is 5.38. The van der Waals surface area contributed by atoms with Crippen molar-refractivity contribution >= 4 is 17.3 Å². The van der Waals surface area contributed by atoms with Gasteiger partial charge in [-0.05, 0) is 32.4 Å². The minimum atomic E-state index is 0.753. The molecular weight excluding hydrogens is 314 g/mol. The van der Waals surface area contributed by atoms with Crippen molar-refractivity contribution in [2.45, 2.75) is 20.8 Å². The van der Waals surface area contributed by atoms with Crippen molar-refractivity contribution < 1.29 is 4.74 Å². The Morgan fingerprint density at radius 1 is 1.04 bits per heavy atom. The van der Waals surface area contributed by atoms with Crippen molar-refractivity contribution in [3.63, 3.8) is 0 Å². The summed E-state index contributed by atoms with van der Waals surface area (Å²) in [5.41, 5.74) is 3.54. The maximum Gasteiger partial charge on any atom is 0.136 e. The highest BCUT2D eigenvalue weighted by Crippen LogP contribution is 2.21. The number of hydrogen-bond acceptors (Lipinski definition) is 6. The average Bonchev–Trinajstić information content (AvgIpc) is 2.58. The first kappa shape index (κ1) is 17.6. The molecule has 6 heteroatoms. The number of rotatable bonds is 6. The quantitative estimate of drug-likeness (QED) is 0.842. The summed E-state index contributed by atoms with van der Waals surface area (Å²) >= 11 is 0. The first-order chi connectivity index (χ1) is 12.1. The van der Waals surface area contributed by atoms with Crippen LogP contribution in [0.4, 0.5) is 17.3 Å². The summed E-state index contributed by atoms with van der Waals surface area (Å²) in [4.78, 5) is 11.4. The fourth-order valence-corrected chi connectivity index (χ4v) is 2.98. The van der Waals surface area contributed by atoms with Gasteiger partial charge in [-0.2, -0.15) is 0 Å². The minimum absolute atomic E-state index is 0.753. The summed E-state index contributed by atoms with van der Waals surface area (Å²) in [6.07, 6.45) is 0. The average molecular weight is 341 g/mol. The van der Waals surface area contributed by atoms with Gasteiger partial charge in [-0.25, -0.2) is 9.97 Å². The smallest absolute Gasteiger partial charge is 0.136 e. The van der Waals surface area contributed by atoms with E-state index < -0.39 is 0 Å². The van der Waals surface area contributed by atoms with Gasteiger partial charge in [-0.15, -0.1) is 0 Å². The molecule has 1 aliphatic rings. The molecule has 25 heavy (non-hydrogen) atoms. The van der Waals surface area contributed by atoms with E-state index in [1.807, 2.05) is 13.0 Å². The Labute approximate surface area is 149 Å². The molecule has 1 saturated heterocycles. The Bertz CT molecular complexity index is 713. The largest absolute Gasteiger partial charge is 0.379 e. The van der Waals surface area contributed by atoms with Crippen LogP contribution in [0.3, 0.4) is 0 Å². The number of aryl methyl sites for hydroxylation is 3. The van der Waals surface area contributed by atoms with Crippen LogP contribution in [0, 0.1) is 20.8 Å². The SMILES string of the molecule is Cc1ccc(Nc2cc(NCCN3CCOCC3)nc(C)n2)c(C)c1. The second kappa shape index (κ2) is 8.27. The lowest BCUT2D eigenvalue weighted by Gasteiger charge is -2.26. The van der Waals surface area contributed by atoms with E-state index in [-0.39, 0.29) is 0 Å². The summed E-state index contributed by atoms with van der Waals surface area (Å²) in [5, 5.41) is 6.81. The standard InChI is InChI=1S/C19H27N5O/c1-14-4-5-17(15(2)12-14)23-19-13-18(21-16(3)22-19)20-6-7-24-8-10-25-11-9-24/h4-5,12-13H,6-11H2,1-3H3,(H2,20,21,22,23). The molecule has 1 aromatic heterocycles. The zero-order valence-electron chi connectivity index (χ0n) is 15.3. The molecular formula is C19H27N5O. The Morgan fingerprint density at radius 3 is 2.56 bits per heavy atom. The molecule has 1 aromatic carbocycles. The van der Waals surface area contributed by atoms with Crippen LogP contribution in [-0.4, -0.2) is 54.3 Å². The lowest BCUT2D eigenvalue weighted by molar-refractivity contribution is 0.0398. The Hall–Kier alpha value is -2.18. The number of nitrogens with zero attached hydrogens (tertiary/aromatic N) is 3. The fraction of sp³-hybridized carbons (Fsp3) is 0.474. The lowest BCUT2D eigenvalue weighted by atomic mass is 10.1. The van der Waals surface area contributed by atoms with Gasteiger partial charge >= 0.3 is 0 Å². The molecule has 1 fully saturated rings. The Kier molecular flexibility index (Phi) is 5.83. The van der Waals surface area contributed by atoms with Crippen LogP contribution in [0.25, 0.3) is 0 Å². The molecule has 134 valence electrons. The van der Waals surface area contributed by atoms with Crippen molar-refractivity contribution in [1.29, 1.82) is 0 Å². The fourth-order valence-electron chi connectivity index (χ4n) is 2.98. The molecule has 1 aliphatic heterocycles. The maximum atomic E-state index is 5.38. The highest BCUT2D eigenvalue weighted by atomic mass is 16.5. The van der Waals surface area contributed by atoms with Crippen molar-refractivity contribution in [2.75, 3.05) is 50.0 Å². The molecule has 0 aliphatic carbocycles. The van der Waals surface area contributed by atoms with Gasteiger partial charge < -0.3 is 15.4 Å². The van der Waals surface area contributed by atoms with Crippen LogP contribution < -0.4 is 10.6 Å². The summed E-state index contributed by atoms with van der Waals surface area (Å²) in [6, 6.07) is 8.32. The zero-order valence-corrected chi connectivity index (χ0v) is 15.3. The molecule has 2 aromatic rings. The molecule has 3 rings (SSSR count). The third kappa shape index (κ3) is 5.14. The van der Waals surface area contributed by atoms with E-state index in [1.54, 1.807) is 0 Å². The van der Waals surface area contributed by atoms with E-state index in [0.29, 0.717) is 0 Å². The molecule has 2 heterocycles. The summed E-state index contributed by atoms with van der Waals surface area (Å²) in [7, 11) is 0. The summed E-state index contributed by atoms with van der Waals surface area (Å²) in [5.74, 6) is 2.42. The summed E-state index contributed by atoms with van der Waals surface area (Å²) < 4.78 is 5.38. The molecule has 0 bridgehead atoms. The number of anilines is 3. The van der Waals surface area contributed by atoms with Crippen molar-refractivity contribution in [3.8, 4) is 0 Å². The number of aromatic nitrogens is 2. The van der Waals surface area contributed by atoms with E-state index >= 15 is 0 Å². The highest BCUT2D eigenvalue weighted by Gasteiger charge is 2.10. The molecule has 2 N–H and O–H groups in total. The van der Waals surface area contributed by atoms with E-state index in [2.05, 4.69) is 57.5 Å². The monoisotopic (exact) mass is 341 g/mol. The normalized spacial score (nSPS) is 15.2. The topological polar surface area (TPSA) is 62.3 Å². The van der Waals surface area contributed by atoms with Gasteiger partial charge in [0.05, 0.1) is 13.2 Å². The van der Waals surface area contributed by atoms with E-state index in [9.17, 15) is 0 Å². The van der Waals surface area contributed by atoms with Crippen molar-refractivity contribution in [2.24, 2.45) is 0 Å². The van der Waals surface area contributed by atoms with Crippen molar-refractivity contribution in [1.82, 2.24) is 14.9 Å². The lowest BCUT2D eigenvalue weighted by Crippen LogP contribution is -2.39. The molecule has 0 spiro atoms. The van der Waals surface area contributed by atoms with Gasteiger partial charge in [-0.3, -0.25) is 4.90 Å². The van der Waals surface area contributed by atoms with Gasteiger partial charge in [0.15, 0.2) is 0 Å². The van der Waals surface area contributed by atoms with E-state index in [0.717, 1.165) is 62.5 Å². The number of morpholine rings is 1. The predicted octanol–water partition coefficient (Wildman–Crippen LogP) is 2.89. The summed E-state index contributed by atoms with van der Waals surface area (Å²) in [6.45, 7) is 11.6. The van der Waals surface area contributed by atoms with Gasteiger partial charge in [-0.1, -0.05) is 17.7 Å². The van der Waals surface area contributed by atoms with Gasteiger partial charge in [0.2, 0.25) is 0 Å². The van der Waals surface area contributed by atoms with Gasteiger partial charge in [0.1, 0.15) is 17.5 Å². The number of nitrogens with one attached hydrogen (secondary N) is 2. The Morgan fingerprint density at radius 2 is 1.80 bits per heavy atom. The molecule has 0 unspecified atom stereocenters. The second-order valence-corrected chi connectivity index (χ2v) is 6.51.